The highest BCUT2D eigenvalue weighted by molar-refractivity contribution is 14.1. The lowest BCUT2D eigenvalue weighted by Crippen LogP contribution is -2.57. The molecule has 216 valence electrons. The van der Waals surface area contributed by atoms with E-state index in [2.05, 4.69) is 27.9 Å². The van der Waals surface area contributed by atoms with Crippen LogP contribution in [-0.4, -0.2) is 77.1 Å². The summed E-state index contributed by atoms with van der Waals surface area (Å²) in [7, 11) is 1.51. The first-order chi connectivity index (χ1) is 18.9. The Morgan fingerprint density at radius 1 is 1.10 bits per heavy atom. The van der Waals surface area contributed by atoms with E-state index in [-0.39, 0.29) is 43.9 Å². The molecular formula is C29H41IN2O7. The van der Waals surface area contributed by atoms with Crippen molar-refractivity contribution in [2.45, 2.75) is 82.6 Å². The maximum Gasteiger partial charge on any atom is 0.247 e. The molecule has 0 bridgehead atoms. The first-order valence-corrected chi connectivity index (χ1v) is 15.2. The molecule has 0 spiro atoms. The third-order valence-corrected chi connectivity index (χ3v) is 9.06. The average molecular weight is 657 g/mol. The maximum absolute atomic E-state index is 13.8. The van der Waals surface area contributed by atoms with Crippen molar-refractivity contribution in [1.29, 1.82) is 0 Å². The van der Waals surface area contributed by atoms with Crippen LogP contribution in [0.2, 0.25) is 0 Å². The van der Waals surface area contributed by atoms with Gasteiger partial charge < -0.3 is 35.0 Å². The van der Waals surface area contributed by atoms with Gasteiger partial charge in [-0.1, -0.05) is 25.7 Å². The SMILES string of the molecule is COc1cc(CO)cc(I)c1O[C@H]1C=C(C(=O)NCCO)C[C@@H](N(CC2CCCCC2)C(=O)C2CCC2)[C@@H]1O. The molecule has 3 aliphatic carbocycles. The molecule has 1 aromatic carbocycles. The first kappa shape index (κ1) is 30.1. The molecule has 0 saturated heterocycles. The summed E-state index contributed by atoms with van der Waals surface area (Å²) >= 11 is 2.10. The number of amides is 2. The third-order valence-electron chi connectivity index (χ3n) is 8.26. The molecule has 0 aromatic heterocycles. The van der Waals surface area contributed by atoms with Crippen molar-refractivity contribution in [1.82, 2.24) is 10.2 Å². The van der Waals surface area contributed by atoms with Gasteiger partial charge in [0, 0.05) is 31.0 Å². The number of benzene rings is 1. The van der Waals surface area contributed by atoms with E-state index in [4.69, 9.17) is 9.47 Å². The summed E-state index contributed by atoms with van der Waals surface area (Å²) in [6.07, 6.45) is 8.21. The monoisotopic (exact) mass is 656 g/mol. The largest absolute Gasteiger partial charge is 0.493 e. The van der Waals surface area contributed by atoms with Crippen LogP contribution < -0.4 is 14.8 Å². The molecule has 2 fully saturated rings. The van der Waals surface area contributed by atoms with Crippen LogP contribution in [0, 0.1) is 15.4 Å². The van der Waals surface area contributed by atoms with E-state index >= 15 is 0 Å². The van der Waals surface area contributed by atoms with Crippen molar-refractivity contribution in [3.8, 4) is 11.5 Å². The van der Waals surface area contributed by atoms with E-state index in [1.165, 1.54) is 13.5 Å². The Balaban J connectivity index is 1.67. The zero-order valence-electron chi connectivity index (χ0n) is 22.6. The number of nitrogens with zero attached hydrogens (tertiary/aromatic N) is 1. The van der Waals surface area contributed by atoms with Crippen molar-refractivity contribution in [2.24, 2.45) is 11.8 Å². The topological polar surface area (TPSA) is 129 Å². The summed E-state index contributed by atoms with van der Waals surface area (Å²) in [6, 6.07) is 2.84. The minimum atomic E-state index is -1.06. The Morgan fingerprint density at radius 2 is 1.85 bits per heavy atom. The van der Waals surface area contributed by atoms with Crippen molar-refractivity contribution >= 4 is 34.4 Å². The third kappa shape index (κ3) is 7.25. The molecule has 3 aliphatic rings. The van der Waals surface area contributed by atoms with Gasteiger partial charge in [-0.2, -0.15) is 0 Å². The van der Waals surface area contributed by atoms with Crippen LogP contribution in [0.15, 0.2) is 23.8 Å². The Kier molecular flexibility index (Phi) is 10.9. The van der Waals surface area contributed by atoms with Crippen LogP contribution in [0.1, 0.15) is 63.4 Å². The summed E-state index contributed by atoms with van der Waals surface area (Å²) in [4.78, 5) is 28.7. The number of hydrogen-bond donors (Lipinski definition) is 4. The molecule has 9 nitrogen and oxygen atoms in total. The second-order valence-corrected chi connectivity index (χ2v) is 12.1. The number of methoxy groups -OCH3 is 1. The Morgan fingerprint density at radius 3 is 2.46 bits per heavy atom. The van der Waals surface area contributed by atoms with Gasteiger partial charge in [-0.3, -0.25) is 9.59 Å². The Labute approximate surface area is 244 Å². The van der Waals surface area contributed by atoms with Crippen LogP contribution >= 0.6 is 22.6 Å². The molecule has 39 heavy (non-hydrogen) atoms. The van der Waals surface area contributed by atoms with Gasteiger partial charge in [0.25, 0.3) is 0 Å². The van der Waals surface area contributed by atoms with E-state index in [0.29, 0.717) is 38.7 Å². The number of rotatable bonds is 11. The number of halogens is 1. The number of carbonyl (C=O) groups is 2. The summed E-state index contributed by atoms with van der Waals surface area (Å²) in [5, 5.41) is 33.3. The highest BCUT2D eigenvalue weighted by Crippen LogP contribution is 2.38. The fourth-order valence-corrected chi connectivity index (χ4v) is 6.61. The number of aliphatic hydroxyl groups excluding tert-OH is 3. The number of nitrogens with one attached hydrogen (secondary N) is 1. The van der Waals surface area contributed by atoms with E-state index in [1.54, 1.807) is 18.2 Å². The fourth-order valence-electron chi connectivity index (χ4n) is 5.82. The van der Waals surface area contributed by atoms with Crippen LogP contribution in [0.5, 0.6) is 11.5 Å². The van der Waals surface area contributed by atoms with Gasteiger partial charge in [-0.25, -0.2) is 0 Å². The number of ether oxygens (including phenoxy) is 2. The summed E-state index contributed by atoms with van der Waals surface area (Å²) < 4.78 is 12.6. The lowest BCUT2D eigenvalue weighted by Gasteiger charge is -2.44. The van der Waals surface area contributed by atoms with E-state index in [9.17, 15) is 24.9 Å². The lowest BCUT2D eigenvalue weighted by molar-refractivity contribution is -0.146. The standard InChI is InChI=1S/C29H41IN2O7/c1-38-25-13-19(17-34)12-22(30)27(25)39-24-15-21(28(36)31-10-11-33)14-23(26(24)35)32(29(37)20-8-5-9-20)16-18-6-3-2-4-7-18/h12-13,15,18,20,23-24,26,33-35H,2-11,14,16-17H2,1H3,(H,31,36)/t23-,24+,26+/m1/s1. The molecule has 0 aliphatic heterocycles. The Hall–Kier alpha value is -1.89. The van der Waals surface area contributed by atoms with Crippen molar-refractivity contribution in [3.05, 3.63) is 32.9 Å². The lowest BCUT2D eigenvalue weighted by atomic mass is 9.81. The molecular weight excluding hydrogens is 615 g/mol. The average Bonchev–Trinajstić information content (AvgIpc) is 2.91. The second kappa shape index (κ2) is 14.1. The van der Waals surface area contributed by atoms with Gasteiger partial charge in [-0.15, -0.1) is 0 Å². The number of carbonyl (C=O) groups excluding carboxylic acids is 2. The van der Waals surface area contributed by atoms with Crippen LogP contribution in [0.3, 0.4) is 0 Å². The minimum absolute atomic E-state index is 0.0372. The molecule has 0 radical (unpaired) electrons. The molecule has 4 rings (SSSR count). The predicted molar refractivity (Wildman–Crippen MR) is 154 cm³/mol. The van der Waals surface area contributed by atoms with Crippen LogP contribution in [-0.2, 0) is 16.2 Å². The first-order valence-electron chi connectivity index (χ1n) is 14.1. The smallest absolute Gasteiger partial charge is 0.247 e. The number of aliphatic hydroxyl groups is 3. The predicted octanol–water partition coefficient (Wildman–Crippen LogP) is 2.92. The zero-order chi connectivity index (χ0) is 27.9. The maximum atomic E-state index is 13.8. The van der Waals surface area contributed by atoms with Crippen molar-refractivity contribution in [3.63, 3.8) is 0 Å². The molecule has 2 amide bonds. The van der Waals surface area contributed by atoms with Gasteiger partial charge in [0.05, 0.1) is 29.9 Å². The molecule has 1 aromatic rings. The molecule has 3 atom stereocenters. The molecule has 2 saturated carbocycles. The second-order valence-electron chi connectivity index (χ2n) is 10.9. The van der Waals surface area contributed by atoms with Crippen molar-refractivity contribution in [2.75, 3.05) is 26.8 Å². The fraction of sp³-hybridized carbons (Fsp3) is 0.655. The zero-order valence-corrected chi connectivity index (χ0v) is 24.8. The quantitative estimate of drug-likeness (QED) is 0.270. The van der Waals surface area contributed by atoms with Gasteiger partial charge in [0.1, 0.15) is 12.2 Å². The summed E-state index contributed by atoms with van der Waals surface area (Å²) in [6.45, 7) is 0.332. The summed E-state index contributed by atoms with van der Waals surface area (Å²) in [5.74, 6) is 0.857. The van der Waals surface area contributed by atoms with Gasteiger partial charge in [-0.05, 0) is 78.0 Å². The molecule has 0 heterocycles. The number of hydrogen-bond acceptors (Lipinski definition) is 7. The van der Waals surface area contributed by atoms with Gasteiger partial charge in [0.15, 0.2) is 11.5 Å². The van der Waals surface area contributed by atoms with E-state index < -0.39 is 18.2 Å². The van der Waals surface area contributed by atoms with E-state index in [0.717, 1.165) is 44.9 Å². The highest BCUT2D eigenvalue weighted by atomic mass is 127. The Bertz CT molecular complexity index is 1040. The summed E-state index contributed by atoms with van der Waals surface area (Å²) in [5.41, 5.74) is 1.08. The van der Waals surface area contributed by atoms with Gasteiger partial charge in [0.2, 0.25) is 11.8 Å². The van der Waals surface area contributed by atoms with Crippen LogP contribution in [0.25, 0.3) is 0 Å². The molecule has 4 N–H and O–H groups in total. The minimum Gasteiger partial charge on any atom is -0.493 e. The molecule has 10 heteroatoms. The normalized spacial score (nSPS) is 23.9. The van der Waals surface area contributed by atoms with Crippen LogP contribution in [0.4, 0.5) is 0 Å². The molecule has 0 unspecified atom stereocenters. The van der Waals surface area contributed by atoms with Gasteiger partial charge >= 0.3 is 0 Å². The highest BCUT2D eigenvalue weighted by Gasteiger charge is 2.43. The van der Waals surface area contributed by atoms with E-state index in [1.807, 2.05) is 4.90 Å². The van der Waals surface area contributed by atoms with Crippen molar-refractivity contribution < 1.29 is 34.4 Å².